The molecule has 0 unspecified atom stereocenters. The van der Waals surface area contributed by atoms with Crippen LogP contribution in [0.5, 0.6) is 0 Å². The van der Waals surface area contributed by atoms with Crippen molar-refractivity contribution >= 4 is 17.6 Å². The number of hydrogen-bond acceptors (Lipinski definition) is 4. The van der Waals surface area contributed by atoms with E-state index in [2.05, 4.69) is 9.97 Å². The second-order valence-electron chi connectivity index (χ2n) is 4.68. The van der Waals surface area contributed by atoms with Gasteiger partial charge in [-0.1, -0.05) is 23.7 Å². The Morgan fingerprint density at radius 2 is 1.74 bits per heavy atom. The number of nitrogens with zero attached hydrogens (tertiary/aromatic N) is 3. The Kier molecular flexibility index (Phi) is 5.96. The number of aliphatic carboxylic acids is 1. The van der Waals surface area contributed by atoms with Gasteiger partial charge in [0.2, 0.25) is 0 Å². The molecule has 3 rings (SSSR count). The van der Waals surface area contributed by atoms with Crippen LogP contribution in [0.3, 0.4) is 0 Å². The van der Waals surface area contributed by atoms with Crippen LogP contribution in [0.1, 0.15) is 0 Å². The zero-order valence-electron chi connectivity index (χ0n) is 12.4. The van der Waals surface area contributed by atoms with Crippen molar-refractivity contribution < 1.29 is 39.5 Å². The first-order valence-electron chi connectivity index (χ1n) is 6.56. The largest absolute Gasteiger partial charge is 1.00 e. The molecule has 2 heterocycles. The fraction of sp³-hybridized carbons (Fsp3) is 0.0625. The van der Waals surface area contributed by atoms with Crippen LogP contribution in [-0.4, -0.2) is 20.5 Å². The van der Waals surface area contributed by atoms with Crippen molar-refractivity contribution in [1.82, 2.24) is 14.5 Å². The summed E-state index contributed by atoms with van der Waals surface area (Å²) in [4.78, 5) is 19.3. The summed E-state index contributed by atoms with van der Waals surface area (Å²) < 4.78 is 1.55. The molecule has 0 aliphatic rings. The van der Waals surface area contributed by atoms with Crippen LogP contribution < -0.4 is 34.7 Å². The van der Waals surface area contributed by atoms with Gasteiger partial charge in [0.15, 0.2) is 0 Å². The smallest absolute Gasteiger partial charge is 0.548 e. The minimum Gasteiger partial charge on any atom is -0.548 e. The van der Waals surface area contributed by atoms with Gasteiger partial charge in [-0.3, -0.25) is 4.98 Å². The number of carbonyl (C=O) groups is 1. The number of pyridine rings is 1. The Labute approximate surface area is 160 Å². The van der Waals surface area contributed by atoms with Crippen LogP contribution in [0.2, 0.25) is 5.02 Å². The quantitative estimate of drug-likeness (QED) is 0.575. The molecule has 0 radical (unpaired) electrons. The van der Waals surface area contributed by atoms with Crippen LogP contribution in [0, 0.1) is 0 Å². The average molecular weight is 336 g/mol. The molecule has 7 heteroatoms. The number of hydrogen-bond donors (Lipinski definition) is 0. The van der Waals surface area contributed by atoms with Crippen molar-refractivity contribution in [2.75, 3.05) is 0 Å². The molecule has 0 aliphatic heterocycles. The minimum absolute atomic E-state index is 0. The molecule has 23 heavy (non-hydrogen) atoms. The summed E-state index contributed by atoms with van der Waals surface area (Å²) in [5, 5.41) is 11.6. The Balaban J connectivity index is 0.00000192. The van der Waals surface area contributed by atoms with E-state index in [1.54, 1.807) is 29.1 Å². The number of imidazole rings is 1. The third-order valence-corrected chi connectivity index (χ3v) is 3.46. The van der Waals surface area contributed by atoms with Gasteiger partial charge >= 0.3 is 29.6 Å². The predicted molar refractivity (Wildman–Crippen MR) is 80.9 cm³/mol. The maximum atomic E-state index is 11.0. The summed E-state index contributed by atoms with van der Waals surface area (Å²) in [7, 11) is 0. The minimum atomic E-state index is -1.17. The van der Waals surface area contributed by atoms with Gasteiger partial charge in [-0.15, -0.1) is 0 Å². The molecule has 0 aliphatic carbocycles. The van der Waals surface area contributed by atoms with Crippen LogP contribution in [0.25, 0.3) is 22.5 Å². The van der Waals surface area contributed by atoms with Crippen molar-refractivity contribution in [3.05, 3.63) is 60.1 Å². The molecule has 2 aromatic heterocycles. The third kappa shape index (κ3) is 4.00. The number of carbonyl (C=O) groups excluding carboxylic acids is 1. The summed E-state index contributed by atoms with van der Waals surface area (Å²) in [6.45, 7) is -0.266. The first kappa shape index (κ1) is 17.7. The summed E-state index contributed by atoms with van der Waals surface area (Å²) >= 11 is 5.91. The standard InChI is InChI=1S/C16H12ClN3O2.Na/c17-13-3-1-11(2-4-13)15-16(12-5-7-18-8-6-12)20(10-19-15)9-14(21)22;/h1-8,10H,9H2,(H,21,22);/q;+1/p-1. The van der Waals surface area contributed by atoms with Crippen molar-refractivity contribution in [3.63, 3.8) is 0 Å². The zero-order valence-corrected chi connectivity index (χ0v) is 15.2. The predicted octanol–water partition coefficient (Wildman–Crippen LogP) is -0.981. The van der Waals surface area contributed by atoms with E-state index in [1.165, 1.54) is 6.33 Å². The molecule has 0 saturated heterocycles. The molecule has 0 atom stereocenters. The molecule has 0 spiro atoms. The van der Waals surface area contributed by atoms with Crippen LogP contribution in [0.4, 0.5) is 0 Å². The summed E-state index contributed by atoms with van der Waals surface area (Å²) in [5.41, 5.74) is 3.07. The molecular formula is C16H11ClN3NaO2. The van der Waals surface area contributed by atoms with E-state index in [0.29, 0.717) is 16.4 Å². The second kappa shape index (κ2) is 7.75. The molecule has 0 N–H and O–H groups in total. The SMILES string of the molecule is O=C([O-])Cn1cnc(-c2ccc(Cl)cc2)c1-c1ccncc1.[Na+]. The molecule has 5 nitrogen and oxygen atoms in total. The van der Waals surface area contributed by atoms with Gasteiger partial charge in [0.25, 0.3) is 0 Å². The van der Waals surface area contributed by atoms with Gasteiger partial charge in [0, 0.05) is 28.5 Å². The maximum Gasteiger partial charge on any atom is 1.00 e. The Morgan fingerprint density at radius 3 is 2.35 bits per heavy atom. The van der Waals surface area contributed by atoms with E-state index in [-0.39, 0.29) is 36.1 Å². The van der Waals surface area contributed by atoms with Crippen molar-refractivity contribution in [2.24, 2.45) is 0 Å². The summed E-state index contributed by atoms with van der Waals surface area (Å²) in [5.74, 6) is -1.17. The van der Waals surface area contributed by atoms with E-state index < -0.39 is 5.97 Å². The van der Waals surface area contributed by atoms with Gasteiger partial charge < -0.3 is 14.5 Å². The first-order valence-corrected chi connectivity index (χ1v) is 6.94. The molecule has 0 fully saturated rings. The Morgan fingerprint density at radius 1 is 1.09 bits per heavy atom. The van der Waals surface area contributed by atoms with Gasteiger partial charge in [-0.05, 0) is 24.3 Å². The monoisotopic (exact) mass is 335 g/mol. The Hall–Kier alpha value is -1.66. The summed E-state index contributed by atoms with van der Waals surface area (Å²) in [6.07, 6.45) is 4.80. The van der Waals surface area contributed by atoms with Crippen molar-refractivity contribution in [1.29, 1.82) is 0 Å². The third-order valence-electron chi connectivity index (χ3n) is 3.21. The van der Waals surface area contributed by atoms with E-state index in [4.69, 9.17) is 11.6 Å². The van der Waals surface area contributed by atoms with E-state index >= 15 is 0 Å². The topological polar surface area (TPSA) is 70.8 Å². The maximum absolute atomic E-state index is 11.0. The molecule has 0 saturated carbocycles. The molecule has 1 aromatic carbocycles. The van der Waals surface area contributed by atoms with Gasteiger partial charge in [0.05, 0.1) is 30.2 Å². The normalized spacial score (nSPS) is 10.1. The fourth-order valence-electron chi connectivity index (χ4n) is 2.27. The first-order chi connectivity index (χ1) is 10.6. The van der Waals surface area contributed by atoms with Crippen LogP contribution in [0.15, 0.2) is 55.1 Å². The summed E-state index contributed by atoms with van der Waals surface area (Å²) in [6, 6.07) is 10.8. The van der Waals surface area contributed by atoms with Gasteiger partial charge in [-0.2, -0.15) is 0 Å². The van der Waals surface area contributed by atoms with Gasteiger partial charge in [-0.25, -0.2) is 4.98 Å². The number of benzene rings is 1. The Bertz CT molecular complexity index is 804. The fourth-order valence-corrected chi connectivity index (χ4v) is 2.40. The zero-order chi connectivity index (χ0) is 15.5. The van der Waals surface area contributed by atoms with Gasteiger partial charge in [0.1, 0.15) is 0 Å². The van der Waals surface area contributed by atoms with Crippen molar-refractivity contribution in [3.8, 4) is 22.5 Å². The molecule has 0 amide bonds. The van der Waals surface area contributed by atoms with Crippen molar-refractivity contribution in [2.45, 2.75) is 6.54 Å². The molecule has 110 valence electrons. The number of carboxylic acids is 1. The average Bonchev–Trinajstić information content (AvgIpc) is 2.91. The number of rotatable bonds is 4. The second-order valence-corrected chi connectivity index (χ2v) is 5.12. The number of aromatic nitrogens is 3. The molecule has 3 aromatic rings. The van der Waals surface area contributed by atoms with E-state index in [0.717, 1.165) is 11.1 Å². The van der Waals surface area contributed by atoms with Crippen LogP contribution in [-0.2, 0) is 11.3 Å². The molecular weight excluding hydrogens is 325 g/mol. The number of halogens is 1. The number of carboxylic acid groups (broad SMARTS) is 1. The molecule has 0 bridgehead atoms. The van der Waals surface area contributed by atoms with Crippen LogP contribution >= 0.6 is 11.6 Å². The van der Waals surface area contributed by atoms with E-state index in [9.17, 15) is 9.90 Å². The van der Waals surface area contributed by atoms with E-state index in [1.807, 2.05) is 24.3 Å².